The molecule has 0 amide bonds. The number of methoxy groups -OCH3 is 2. The summed E-state index contributed by atoms with van der Waals surface area (Å²) in [5.74, 6) is 0.540. The van der Waals surface area contributed by atoms with E-state index in [9.17, 15) is 4.39 Å². The minimum absolute atomic E-state index is 0.111. The van der Waals surface area contributed by atoms with Crippen LogP contribution in [0.5, 0.6) is 11.5 Å². The molecule has 11 heteroatoms. The Morgan fingerprint density at radius 2 is 1.84 bits per heavy atom. The Balaban J connectivity index is 1.42. The van der Waals surface area contributed by atoms with Crippen molar-refractivity contribution in [2.45, 2.75) is 25.2 Å². The number of aliphatic imine (C=N–C) groups is 1. The van der Waals surface area contributed by atoms with E-state index in [2.05, 4.69) is 39.2 Å². The van der Waals surface area contributed by atoms with Crippen molar-refractivity contribution in [3.05, 3.63) is 118 Å². The van der Waals surface area contributed by atoms with Crippen molar-refractivity contribution in [1.82, 2.24) is 24.7 Å². The van der Waals surface area contributed by atoms with Crippen molar-refractivity contribution in [2.75, 3.05) is 40.9 Å². The maximum Gasteiger partial charge on any atom is 0.211 e. The number of nitrogens with two attached hydrogens (primary N) is 1. The van der Waals surface area contributed by atoms with E-state index < -0.39 is 5.79 Å². The molecular formula is C34H37ClFN7O2. The number of rotatable bonds is 8. The molecule has 0 fully saturated rings. The van der Waals surface area contributed by atoms with Gasteiger partial charge in [0.25, 0.3) is 0 Å². The van der Waals surface area contributed by atoms with E-state index in [1.54, 1.807) is 31.3 Å². The molecule has 2 aliphatic heterocycles. The molecule has 0 saturated heterocycles. The molecule has 1 aromatic heterocycles. The SMILES string of the molecule is CCN(C)C1=NC(N)(c2ccc(-n3cnc(Cl)c3)c(OC)c2)NC2=C1CN(Cc1ccc(OC)cc1)CC2c1ccc(F)cc1. The Bertz CT molecular complexity index is 1740. The Morgan fingerprint density at radius 3 is 2.49 bits per heavy atom. The van der Waals surface area contributed by atoms with Crippen molar-refractivity contribution in [3.63, 3.8) is 0 Å². The Labute approximate surface area is 267 Å². The second-order valence-corrected chi connectivity index (χ2v) is 11.7. The van der Waals surface area contributed by atoms with Gasteiger partial charge in [-0.3, -0.25) is 10.6 Å². The van der Waals surface area contributed by atoms with Crippen LogP contribution in [0.1, 0.15) is 29.5 Å². The molecule has 234 valence electrons. The lowest BCUT2D eigenvalue weighted by molar-refractivity contribution is 0.242. The molecule has 0 aliphatic carbocycles. The van der Waals surface area contributed by atoms with Gasteiger partial charge in [0, 0.05) is 62.2 Å². The molecule has 0 saturated carbocycles. The van der Waals surface area contributed by atoms with Gasteiger partial charge in [0.15, 0.2) is 0 Å². The van der Waals surface area contributed by atoms with Crippen LogP contribution in [0.4, 0.5) is 4.39 Å². The van der Waals surface area contributed by atoms with Crippen molar-refractivity contribution >= 4 is 17.4 Å². The van der Waals surface area contributed by atoms with Crippen LogP contribution < -0.4 is 20.5 Å². The number of nitrogens with zero attached hydrogens (tertiary/aromatic N) is 5. The zero-order valence-corrected chi connectivity index (χ0v) is 26.6. The lowest BCUT2D eigenvalue weighted by Crippen LogP contribution is -2.57. The number of likely N-dealkylation sites (N-methyl/N-ethyl adjacent to an activating group) is 1. The van der Waals surface area contributed by atoms with Crippen LogP contribution in [0, 0.1) is 5.82 Å². The fourth-order valence-corrected chi connectivity index (χ4v) is 6.14. The standard InChI is InChI=1S/C34H37ClFN7O2/c1-5-41(2)33-28-19-42(17-22-6-13-26(44-3)14-7-22)18-27(23-8-11-25(36)12-9-23)32(28)39-34(37,40-33)24-10-15-29(30(16-24)45-4)43-20-31(35)38-21-43/h6-16,20-21,27,39H,5,17-19,37H2,1-4H3. The summed E-state index contributed by atoms with van der Waals surface area (Å²) in [6, 6.07) is 20.6. The number of halogens is 2. The normalized spacial score (nSPS) is 19.9. The molecule has 0 spiro atoms. The molecule has 6 rings (SSSR count). The molecule has 3 aromatic carbocycles. The third-order valence-electron chi connectivity index (χ3n) is 8.50. The highest BCUT2D eigenvalue weighted by atomic mass is 35.5. The summed E-state index contributed by atoms with van der Waals surface area (Å²) >= 11 is 6.09. The van der Waals surface area contributed by atoms with Gasteiger partial charge in [0.2, 0.25) is 5.79 Å². The van der Waals surface area contributed by atoms with Gasteiger partial charge in [-0.05, 0) is 54.4 Å². The Hall–Kier alpha value is -4.38. The second kappa shape index (κ2) is 12.5. The van der Waals surface area contributed by atoms with Gasteiger partial charge < -0.3 is 24.3 Å². The average molecular weight is 630 g/mol. The first-order chi connectivity index (χ1) is 21.7. The highest BCUT2D eigenvalue weighted by Gasteiger charge is 2.41. The van der Waals surface area contributed by atoms with Crippen molar-refractivity contribution in [2.24, 2.45) is 10.7 Å². The van der Waals surface area contributed by atoms with Crippen molar-refractivity contribution in [1.29, 1.82) is 0 Å². The zero-order chi connectivity index (χ0) is 31.7. The third-order valence-corrected chi connectivity index (χ3v) is 8.69. The van der Waals surface area contributed by atoms with Crippen LogP contribution in [-0.2, 0) is 12.3 Å². The van der Waals surface area contributed by atoms with Gasteiger partial charge in [0.05, 0.1) is 19.9 Å². The smallest absolute Gasteiger partial charge is 0.211 e. The Morgan fingerprint density at radius 1 is 1.09 bits per heavy atom. The summed E-state index contributed by atoms with van der Waals surface area (Å²) in [6.07, 6.45) is 3.35. The predicted octanol–water partition coefficient (Wildman–Crippen LogP) is 5.26. The number of nitrogens with one attached hydrogen (secondary N) is 1. The van der Waals surface area contributed by atoms with Gasteiger partial charge in [-0.25, -0.2) is 14.4 Å². The minimum atomic E-state index is -1.30. The molecular weight excluding hydrogens is 593 g/mol. The lowest BCUT2D eigenvalue weighted by atomic mass is 9.86. The van der Waals surface area contributed by atoms with Crippen LogP contribution >= 0.6 is 11.6 Å². The molecule has 0 bridgehead atoms. The topological polar surface area (TPSA) is 93.2 Å². The molecule has 3 N–H and O–H groups in total. The third kappa shape index (κ3) is 6.13. The van der Waals surface area contributed by atoms with Gasteiger partial charge in [-0.15, -0.1) is 0 Å². The monoisotopic (exact) mass is 629 g/mol. The van der Waals surface area contributed by atoms with Crippen LogP contribution in [0.3, 0.4) is 0 Å². The van der Waals surface area contributed by atoms with Gasteiger partial charge in [-0.2, -0.15) is 0 Å². The van der Waals surface area contributed by atoms with Gasteiger partial charge in [0.1, 0.15) is 34.6 Å². The van der Waals surface area contributed by atoms with E-state index in [1.165, 1.54) is 17.7 Å². The largest absolute Gasteiger partial charge is 0.497 e. The molecule has 45 heavy (non-hydrogen) atoms. The molecule has 2 aliphatic rings. The summed E-state index contributed by atoms with van der Waals surface area (Å²) in [6.45, 7) is 4.91. The zero-order valence-electron chi connectivity index (χ0n) is 25.8. The van der Waals surface area contributed by atoms with E-state index in [4.69, 9.17) is 31.8 Å². The molecule has 0 radical (unpaired) electrons. The number of amidine groups is 1. The van der Waals surface area contributed by atoms with Gasteiger partial charge in [-0.1, -0.05) is 41.9 Å². The number of benzene rings is 3. The van der Waals surface area contributed by atoms with Crippen molar-refractivity contribution in [3.8, 4) is 17.2 Å². The minimum Gasteiger partial charge on any atom is -0.497 e. The fourth-order valence-electron chi connectivity index (χ4n) is 5.99. The van der Waals surface area contributed by atoms with Crippen LogP contribution in [0.25, 0.3) is 5.69 Å². The predicted molar refractivity (Wildman–Crippen MR) is 174 cm³/mol. The summed E-state index contributed by atoms with van der Waals surface area (Å²) in [4.78, 5) is 13.8. The highest BCUT2D eigenvalue weighted by Crippen LogP contribution is 2.39. The van der Waals surface area contributed by atoms with Crippen LogP contribution in [-0.4, -0.2) is 66.1 Å². The summed E-state index contributed by atoms with van der Waals surface area (Å²) < 4.78 is 27.0. The van der Waals surface area contributed by atoms with Crippen LogP contribution in [0.15, 0.2) is 95.5 Å². The quantitative estimate of drug-likeness (QED) is 0.275. The van der Waals surface area contributed by atoms with E-state index >= 15 is 0 Å². The molecule has 2 atom stereocenters. The number of aromatic nitrogens is 2. The highest BCUT2D eigenvalue weighted by molar-refractivity contribution is 6.29. The molecule has 3 heterocycles. The van der Waals surface area contributed by atoms with Crippen molar-refractivity contribution < 1.29 is 13.9 Å². The van der Waals surface area contributed by atoms with E-state index in [0.717, 1.165) is 52.8 Å². The molecule has 9 nitrogen and oxygen atoms in total. The first-order valence-electron chi connectivity index (χ1n) is 14.8. The fraction of sp³-hybridized carbons (Fsp3) is 0.294. The lowest BCUT2D eigenvalue weighted by Gasteiger charge is -2.45. The first kappa shape index (κ1) is 30.6. The number of hydrogen-bond donors (Lipinski definition) is 2. The van der Waals surface area contributed by atoms with Gasteiger partial charge >= 0.3 is 0 Å². The van der Waals surface area contributed by atoms with E-state index in [-0.39, 0.29) is 11.7 Å². The summed E-state index contributed by atoms with van der Waals surface area (Å²) in [7, 11) is 5.30. The maximum absolute atomic E-state index is 14.1. The molecule has 2 unspecified atom stereocenters. The van der Waals surface area contributed by atoms with E-state index in [0.29, 0.717) is 24.0 Å². The second-order valence-electron chi connectivity index (χ2n) is 11.3. The summed E-state index contributed by atoms with van der Waals surface area (Å²) in [5, 5.41) is 4.03. The van der Waals surface area contributed by atoms with E-state index in [1.807, 2.05) is 49.5 Å². The summed E-state index contributed by atoms with van der Waals surface area (Å²) in [5.41, 5.74) is 12.9. The number of hydrogen-bond acceptors (Lipinski definition) is 8. The number of ether oxygens (including phenoxy) is 2. The first-order valence-corrected chi connectivity index (χ1v) is 15.2. The molecule has 4 aromatic rings. The average Bonchev–Trinajstić information content (AvgIpc) is 3.50. The van der Waals surface area contributed by atoms with Crippen LogP contribution in [0.2, 0.25) is 5.15 Å². The number of imidazole rings is 1. The Kier molecular flexibility index (Phi) is 8.54. The maximum atomic E-state index is 14.1.